The van der Waals surface area contributed by atoms with Gasteiger partial charge in [0.05, 0.1) is 16.8 Å². The van der Waals surface area contributed by atoms with Crippen molar-refractivity contribution < 1.29 is 22.0 Å². The fourth-order valence-electron chi connectivity index (χ4n) is 6.07. The van der Waals surface area contributed by atoms with Crippen LogP contribution in [0.1, 0.15) is 67.5 Å². The average molecular weight is 575 g/mol. The van der Waals surface area contributed by atoms with Gasteiger partial charge >= 0.3 is 11.9 Å². The van der Waals surface area contributed by atoms with Gasteiger partial charge in [-0.05, 0) is 73.9 Å². The van der Waals surface area contributed by atoms with Crippen molar-refractivity contribution in [1.29, 1.82) is 0 Å². The van der Waals surface area contributed by atoms with E-state index in [1.807, 2.05) is 11.9 Å². The fourth-order valence-corrected chi connectivity index (χ4v) is 6.07. The summed E-state index contributed by atoms with van der Waals surface area (Å²) in [5.74, 6) is -0.00316. The highest BCUT2D eigenvalue weighted by molar-refractivity contribution is 5.58. The quantitative estimate of drug-likeness (QED) is 0.280. The molecule has 1 aliphatic carbocycles. The number of pyridine rings is 1. The van der Waals surface area contributed by atoms with Crippen molar-refractivity contribution >= 4 is 5.52 Å². The predicted molar refractivity (Wildman–Crippen MR) is 142 cm³/mol. The molecular weight excluding hydrogens is 543 g/mol. The molecule has 7 nitrogen and oxygen atoms in total. The third kappa shape index (κ3) is 5.29. The summed E-state index contributed by atoms with van der Waals surface area (Å²) in [5, 5.41) is 8.23. The van der Waals surface area contributed by atoms with Crippen LogP contribution in [0.25, 0.3) is 11.2 Å². The van der Waals surface area contributed by atoms with Crippen LogP contribution in [0.15, 0.2) is 47.8 Å². The first kappa shape index (κ1) is 27.6. The topological polar surface area (TPSA) is 60.4 Å². The zero-order valence-electron chi connectivity index (χ0n) is 22.8. The number of halogens is 5. The molecule has 0 bridgehead atoms. The molecule has 1 aromatic carbocycles. The van der Waals surface area contributed by atoms with Gasteiger partial charge in [0.2, 0.25) is 0 Å². The van der Waals surface area contributed by atoms with Crippen molar-refractivity contribution in [3.05, 3.63) is 81.8 Å². The van der Waals surface area contributed by atoms with E-state index < -0.39 is 28.9 Å². The highest BCUT2D eigenvalue weighted by Gasteiger charge is 2.36. The summed E-state index contributed by atoms with van der Waals surface area (Å²) in [7, 11) is 1.81. The molecule has 4 heterocycles. The Balaban J connectivity index is 1.43. The molecule has 0 amide bonds. The average Bonchev–Trinajstić information content (AvgIpc) is 3.44. The number of fused-ring (bicyclic) bond motifs is 1. The molecule has 1 atom stereocenters. The third-order valence-corrected chi connectivity index (χ3v) is 8.62. The number of aromatic nitrogens is 5. The van der Waals surface area contributed by atoms with Crippen LogP contribution in [0.3, 0.4) is 0 Å². The van der Waals surface area contributed by atoms with Gasteiger partial charge in [0.15, 0.2) is 0 Å². The molecule has 6 rings (SSSR count). The minimum absolute atomic E-state index is 0.133. The first-order valence-electron chi connectivity index (χ1n) is 13.8. The largest absolute Gasteiger partial charge is 0.418 e. The van der Waals surface area contributed by atoms with Crippen LogP contribution in [0.4, 0.5) is 22.0 Å². The lowest BCUT2D eigenvalue weighted by Gasteiger charge is -2.34. The Bertz CT molecular complexity index is 1640. The van der Waals surface area contributed by atoms with Gasteiger partial charge in [-0.3, -0.25) is 13.9 Å². The smallest absolute Gasteiger partial charge is 0.320 e. The van der Waals surface area contributed by atoms with E-state index in [1.165, 1.54) is 19.2 Å². The zero-order valence-corrected chi connectivity index (χ0v) is 22.8. The molecule has 0 spiro atoms. The van der Waals surface area contributed by atoms with Gasteiger partial charge in [0, 0.05) is 45.0 Å². The van der Waals surface area contributed by atoms with Gasteiger partial charge in [-0.2, -0.15) is 13.2 Å². The molecule has 0 unspecified atom stereocenters. The predicted octanol–water partition coefficient (Wildman–Crippen LogP) is 5.63. The van der Waals surface area contributed by atoms with Gasteiger partial charge in [-0.15, -0.1) is 10.2 Å². The maximum Gasteiger partial charge on any atom is 0.418 e. The first-order chi connectivity index (χ1) is 19.4. The van der Waals surface area contributed by atoms with E-state index in [4.69, 9.17) is 0 Å². The Morgan fingerprint density at radius 1 is 1.10 bits per heavy atom. The Morgan fingerprint density at radius 3 is 2.44 bits per heavy atom. The standard InChI is InChI=1S/C29H31F5N6O/c1-28(31)6-8-38(9-7-28)14-18-10-23(29(32,33)34)24-16-39(27(41)40(24)15-18)22-12-20(11-21(30)13-22)25(19-4-3-5-19)26-36-35-17-37(26)2/h10-13,15-17,19,25H,3-9,14H2,1-2H3/t25-/m0/s1. The van der Waals surface area contributed by atoms with Crippen LogP contribution in [-0.2, 0) is 19.8 Å². The number of hydrogen-bond acceptors (Lipinski definition) is 4. The molecule has 0 radical (unpaired) electrons. The second-order valence-corrected chi connectivity index (χ2v) is 11.7. The minimum atomic E-state index is -4.73. The van der Waals surface area contributed by atoms with Crippen LogP contribution in [0.5, 0.6) is 0 Å². The number of hydrogen-bond donors (Lipinski definition) is 0. The lowest BCUT2D eigenvalue weighted by molar-refractivity contribution is -0.136. The Morgan fingerprint density at radius 2 is 1.83 bits per heavy atom. The Hall–Kier alpha value is -3.54. The van der Waals surface area contributed by atoms with E-state index in [0.29, 0.717) is 30.0 Å². The van der Waals surface area contributed by atoms with Gasteiger partial charge in [-0.1, -0.05) is 6.42 Å². The molecule has 0 N–H and O–H groups in total. The van der Waals surface area contributed by atoms with E-state index in [0.717, 1.165) is 46.6 Å². The lowest BCUT2D eigenvalue weighted by atomic mass is 9.72. The van der Waals surface area contributed by atoms with Crippen LogP contribution in [0, 0.1) is 11.7 Å². The molecule has 12 heteroatoms. The van der Waals surface area contributed by atoms with Crippen LogP contribution >= 0.6 is 0 Å². The molecule has 4 aromatic rings. The summed E-state index contributed by atoms with van der Waals surface area (Å²) in [6.45, 7) is 2.49. The summed E-state index contributed by atoms with van der Waals surface area (Å²) in [6.07, 6.45) is 2.82. The van der Waals surface area contributed by atoms with Crippen molar-refractivity contribution in [3.8, 4) is 5.69 Å². The van der Waals surface area contributed by atoms with Gasteiger partial charge in [-0.25, -0.2) is 13.6 Å². The first-order valence-corrected chi connectivity index (χ1v) is 13.8. The molecule has 2 fully saturated rings. The van der Waals surface area contributed by atoms with Crippen molar-refractivity contribution in [2.45, 2.75) is 63.3 Å². The highest BCUT2D eigenvalue weighted by Crippen LogP contribution is 2.43. The van der Waals surface area contributed by atoms with Gasteiger partial charge < -0.3 is 4.57 Å². The number of rotatable bonds is 6. The van der Waals surface area contributed by atoms with E-state index in [1.54, 1.807) is 17.0 Å². The van der Waals surface area contributed by atoms with Gasteiger partial charge in [0.25, 0.3) is 0 Å². The zero-order chi connectivity index (χ0) is 29.1. The van der Waals surface area contributed by atoms with E-state index in [-0.39, 0.29) is 42.4 Å². The molecule has 2 aliphatic rings. The highest BCUT2D eigenvalue weighted by atomic mass is 19.4. The van der Waals surface area contributed by atoms with Crippen molar-refractivity contribution in [2.75, 3.05) is 13.1 Å². The van der Waals surface area contributed by atoms with Crippen LogP contribution in [0.2, 0.25) is 0 Å². The number of alkyl halides is 4. The molecule has 1 aliphatic heterocycles. The summed E-state index contributed by atoms with van der Waals surface area (Å²) in [4.78, 5) is 15.4. The maximum absolute atomic E-state index is 15.1. The molecule has 41 heavy (non-hydrogen) atoms. The van der Waals surface area contributed by atoms with E-state index >= 15 is 4.39 Å². The van der Waals surface area contributed by atoms with E-state index in [2.05, 4.69) is 10.2 Å². The fraction of sp³-hybridized carbons (Fsp3) is 0.483. The summed E-state index contributed by atoms with van der Waals surface area (Å²) < 4.78 is 75.8. The molecule has 1 saturated heterocycles. The van der Waals surface area contributed by atoms with Crippen molar-refractivity contribution in [1.82, 2.24) is 28.6 Å². The summed E-state index contributed by atoms with van der Waals surface area (Å²) >= 11 is 0. The SMILES string of the molecule is Cn1cnnc1[C@H](c1cc(F)cc(-n2cc3c(C(F)(F)F)cc(CN4CCC(C)(F)CC4)cn3c2=O)c1)C1CCC1. The third-order valence-electron chi connectivity index (χ3n) is 8.62. The second kappa shape index (κ2) is 10.1. The molecule has 3 aromatic heterocycles. The number of nitrogens with zero attached hydrogens (tertiary/aromatic N) is 6. The van der Waals surface area contributed by atoms with Crippen molar-refractivity contribution in [2.24, 2.45) is 13.0 Å². The summed E-state index contributed by atoms with van der Waals surface area (Å²) in [6, 6.07) is 5.23. The molecule has 218 valence electrons. The Labute approximate surface area is 233 Å². The monoisotopic (exact) mass is 574 g/mol. The minimum Gasteiger partial charge on any atom is -0.320 e. The number of likely N-dealkylation sites (tertiary alicyclic amines) is 1. The number of piperidine rings is 1. The van der Waals surface area contributed by atoms with E-state index in [9.17, 15) is 22.4 Å². The number of imidazole rings is 1. The molecular formula is C29H31F5N6O. The number of aryl methyl sites for hydroxylation is 1. The normalized spacial score (nSPS) is 19.0. The second-order valence-electron chi connectivity index (χ2n) is 11.7. The maximum atomic E-state index is 15.1. The van der Waals surface area contributed by atoms with Crippen LogP contribution in [-0.4, -0.2) is 47.4 Å². The lowest BCUT2D eigenvalue weighted by Crippen LogP contribution is -2.39. The Kier molecular flexibility index (Phi) is 6.79. The van der Waals surface area contributed by atoms with Gasteiger partial charge in [0.1, 0.15) is 23.6 Å². The summed E-state index contributed by atoms with van der Waals surface area (Å²) in [5.41, 5.74) is -2.30. The molecule has 1 saturated carbocycles. The van der Waals surface area contributed by atoms with Crippen molar-refractivity contribution in [3.63, 3.8) is 0 Å². The van der Waals surface area contributed by atoms with Crippen LogP contribution < -0.4 is 5.69 Å². The number of benzene rings is 1.